The van der Waals surface area contributed by atoms with Crippen LogP contribution in [-0.2, 0) is 9.47 Å². The van der Waals surface area contributed by atoms with Crippen LogP contribution in [0.15, 0.2) is 65.5 Å². The zero-order valence-corrected chi connectivity index (χ0v) is 16.9. The van der Waals surface area contributed by atoms with Crippen LogP contribution >= 0.6 is 11.3 Å². The Morgan fingerprint density at radius 1 is 0.966 bits per heavy atom. The highest BCUT2D eigenvalue weighted by atomic mass is 32.1. The summed E-state index contributed by atoms with van der Waals surface area (Å²) < 4.78 is 10.2. The Morgan fingerprint density at radius 3 is 2.41 bits per heavy atom. The maximum absolute atomic E-state index is 12.3. The first kappa shape index (κ1) is 19.4. The molecule has 2 heterocycles. The molecule has 6 heteroatoms. The summed E-state index contributed by atoms with van der Waals surface area (Å²) in [5.74, 6) is -0.362. The minimum absolute atomic E-state index is 0.00154. The van der Waals surface area contributed by atoms with Crippen LogP contribution in [0.4, 0.5) is 5.00 Å². The maximum atomic E-state index is 12.3. The van der Waals surface area contributed by atoms with E-state index in [2.05, 4.69) is 4.90 Å². The number of rotatable bonds is 4. The SMILES string of the molecule is COC(=O)c1cccc(-c2cccc(-c3cc(=O)cc(N4CCOCC4)s3)c2)c1. The van der Waals surface area contributed by atoms with Crippen molar-refractivity contribution in [3.05, 3.63) is 76.5 Å². The molecule has 0 N–H and O–H groups in total. The minimum atomic E-state index is -0.362. The molecule has 0 amide bonds. The number of carbonyl (C=O) groups excluding carboxylic acids is 1. The second kappa shape index (κ2) is 8.59. The number of hydrogen-bond acceptors (Lipinski definition) is 6. The molecule has 1 aliphatic heterocycles. The minimum Gasteiger partial charge on any atom is -0.465 e. The molecule has 0 spiro atoms. The quantitative estimate of drug-likeness (QED) is 0.611. The van der Waals surface area contributed by atoms with Gasteiger partial charge in [0.1, 0.15) is 0 Å². The molecule has 0 saturated carbocycles. The molecule has 1 aliphatic rings. The first-order chi connectivity index (χ1) is 14.1. The molecule has 148 valence electrons. The van der Waals surface area contributed by atoms with E-state index in [1.165, 1.54) is 7.11 Å². The van der Waals surface area contributed by atoms with Gasteiger partial charge in [0, 0.05) is 30.1 Å². The standard InChI is InChI=1S/C23H21NO4S/c1-27-23(26)19-7-3-5-17(13-19)16-4-2-6-18(12-16)21-14-20(25)15-22(29-21)24-8-10-28-11-9-24/h2-7,12-15H,8-11H2,1H3. The van der Waals surface area contributed by atoms with E-state index in [0.29, 0.717) is 18.8 Å². The molecule has 1 saturated heterocycles. The van der Waals surface area contributed by atoms with Crippen LogP contribution in [0.2, 0.25) is 0 Å². The number of anilines is 1. The monoisotopic (exact) mass is 407 g/mol. The van der Waals surface area contributed by atoms with Crippen molar-refractivity contribution in [3.63, 3.8) is 0 Å². The van der Waals surface area contributed by atoms with Crippen molar-refractivity contribution in [2.45, 2.75) is 0 Å². The van der Waals surface area contributed by atoms with E-state index in [1.54, 1.807) is 29.5 Å². The van der Waals surface area contributed by atoms with Crippen LogP contribution in [0.1, 0.15) is 10.4 Å². The summed E-state index contributed by atoms with van der Waals surface area (Å²) in [4.78, 5) is 27.3. The maximum Gasteiger partial charge on any atom is 0.337 e. The summed E-state index contributed by atoms with van der Waals surface area (Å²) in [6.45, 7) is 2.94. The fourth-order valence-corrected chi connectivity index (χ4v) is 4.47. The van der Waals surface area contributed by atoms with E-state index in [0.717, 1.165) is 39.7 Å². The summed E-state index contributed by atoms with van der Waals surface area (Å²) in [7, 11) is 1.37. The highest BCUT2D eigenvalue weighted by Gasteiger charge is 2.14. The van der Waals surface area contributed by atoms with E-state index in [9.17, 15) is 9.59 Å². The highest BCUT2D eigenvalue weighted by molar-refractivity contribution is 7.19. The lowest BCUT2D eigenvalue weighted by Crippen LogP contribution is -2.36. The predicted octanol–water partition coefficient (Wildman–Crippen LogP) is 4.07. The highest BCUT2D eigenvalue weighted by Crippen LogP contribution is 2.32. The fraction of sp³-hybridized carbons (Fsp3) is 0.217. The molecule has 3 aromatic rings. The Labute approximate surface area is 173 Å². The van der Waals surface area contributed by atoms with Crippen LogP contribution in [-0.4, -0.2) is 39.4 Å². The fourth-order valence-electron chi connectivity index (χ4n) is 3.34. The molecular formula is C23H21NO4S. The van der Waals surface area contributed by atoms with E-state index in [1.807, 2.05) is 42.5 Å². The van der Waals surface area contributed by atoms with Gasteiger partial charge in [-0.1, -0.05) is 30.3 Å². The Hall–Kier alpha value is -2.96. The van der Waals surface area contributed by atoms with Gasteiger partial charge in [-0.15, -0.1) is 11.3 Å². The van der Waals surface area contributed by atoms with Gasteiger partial charge in [-0.25, -0.2) is 4.79 Å². The zero-order valence-electron chi connectivity index (χ0n) is 16.1. The first-order valence-electron chi connectivity index (χ1n) is 9.41. The Kier molecular flexibility index (Phi) is 5.74. The van der Waals surface area contributed by atoms with E-state index < -0.39 is 0 Å². The summed E-state index contributed by atoms with van der Waals surface area (Å²) in [6, 6.07) is 18.7. The van der Waals surface area contributed by atoms with Crippen LogP contribution in [0.3, 0.4) is 0 Å². The molecule has 2 aromatic carbocycles. The topological polar surface area (TPSA) is 55.8 Å². The summed E-state index contributed by atoms with van der Waals surface area (Å²) >= 11 is 1.61. The summed E-state index contributed by atoms with van der Waals surface area (Å²) in [5.41, 5.74) is 3.38. The van der Waals surface area contributed by atoms with E-state index >= 15 is 0 Å². The average molecular weight is 407 g/mol. The third-order valence-corrected chi connectivity index (χ3v) is 6.00. The average Bonchev–Trinajstić information content (AvgIpc) is 2.79. The smallest absolute Gasteiger partial charge is 0.337 e. The van der Waals surface area contributed by atoms with Crippen molar-refractivity contribution in [1.29, 1.82) is 0 Å². The van der Waals surface area contributed by atoms with E-state index in [-0.39, 0.29) is 11.4 Å². The van der Waals surface area contributed by atoms with Gasteiger partial charge in [-0.3, -0.25) is 4.79 Å². The van der Waals surface area contributed by atoms with Gasteiger partial charge < -0.3 is 14.4 Å². The van der Waals surface area contributed by atoms with Gasteiger partial charge in [0.2, 0.25) is 0 Å². The van der Waals surface area contributed by atoms with Gasteiger partial charge in [0.25, 0.3) is 0 Å². The summed E-state index contributed by atoms with van der Waals surface area (Å²) in [6.07, 6.45) is 0. The summed E-state index contributed by atoms with van der Waals surface area (Å²) in [5, 5.41) is 0.967. The molecule has 0 aliphatic carbocycles. The number of nitrogens with zero attached hydrogens (tertiary/aromatic N) is 1. The Balaban J connectivity index is 1.70. The first-order valence-corrected chi connectivity index (χ1v) is 10.2. The number of hydrogen-bond donors (Lipinski definition) is 0. The molecule has 0 unspecified atom stereocenters. The molecule has 5 nitrogen and oxygen atoms in total. The normalized spacial score (nSPS) is 13.9. The molecule has 4 rings (SSSR count). The van der Waals surface area contributed by atoms with Crippen molar-refractivity contribution < 1.29 is 14.3 Å². The lowest BCUT2D eigenvalue weighted by molar-refractivity contribution is 0.0601. The van der Waals surface area contributed by atoms with Crippen LogP contribution in [0.25, 0.3) is 21.6 Å². The zero-order chi connectivity index (χ0) is 20.2. The van der Waals surface area contributed by atoms with Crippen molar-refractivity contribution in [1.82, 2.24) is 0 Å². The van der Waals surface area contributed by atoms with Crippen LogP contribution in [0, 0.1) is 0 Å². The molecule has 0 radical (unpaired) electrons. The third kappa shape index (κ3) is 4.39. The lowest BCUT2D eigenvalue weighted by Gasteiger charge is -2.28. The van der Waals surface area contributed by atoms with Gasteiger partial charge >= 0.3 is 5.97 Å². The van der Waals surface area contributed by atoms with Crippen LogP contribution < -0.4 is 10.3 Å². The third-order valence-electron chi connectivity index (χ3n) is 4.84. The van der Waals surface area contributed by atoms with Crippen molar-refractivity contribution >= 4 is 22.3 Å². The Morgan fingerprint density at radius 2 is 1.66 bits per heavy atom. The van der Waals surface area contributed by atoms with Gasteiger partial charge in [-0.2, -0.15) is 0 Å². The molecule has 29 heavy (non-hydrogen) atoms. The second-order valence-electron chi connectivity index (χ2n) is 6.75. The number of esters is 1. The largest absolute Gasteiger partial charge is 0.465 e. The van der Waals surface area contributed by atoms with Gasteiger partial charge in [0.05, 0.1) is 30.9 Å². The molecule has 1 aromatic heterocycles. The van der Waals surface area contributed by atoms with Gasteiger partial charge in [0.15, 0.2) is 5.43 Å². The van der Waals surface area contributed by atoms with E-state index in [4.69, 9.17) is 9.47 Å². The number of morpholine rings is 1. The van der Waals surface area contributed by atoms with Crippen LogP contribution in [0.5, 0.6) is 0 Å². The van der Waals surface area contributed by atoms with Crippen molar-refractivity contribution in [3.8, 4) is 21.6 Å². The second-order valence-corrected chi connectivity index (χ2v) is 7.81. The van der Waals surface area contributed by atoms with Gasteiger partial charge in [-0.05, 0) is 34.9 Å². The lowest BCUT2D eigenvalue weighted by atomic mass is 10.0. The molecule has 1 fully saturated rings. The number of methoxy groups -OCH3 is 1. The predicted molar refractivity (Wildman–Crippen MR) is 116 cm³/mol. The van der Waals surface area contributed by atoms with Crippen molar-refractivity contribution in [2.24, 2.45) is 0 Å². The number of benzene rings is 2. The van der Waals surface area contributed by atoms with Crippen molar-refractivity contribution in [2.75, 3.05) is 38.3 Å². The molecular weight excluding hydrogens is 386 g/mol. The molecule has 0 atom stereocenters. The Bertz CT molecular complexity index is 1090. The number of carbonyl (C=O) groups is 1. The number of ether oxygens (including phenoxy) is 2. The molecule has 0 bridgehead atoms.